The molecule has 0 N–H and O–H groups in total. The molecule has 1 rings (SSSR count). The number of aliphatic imine (C=N–C) groups is 1. The van der Waals surface area contributed by atoms with Crippen LogP contribution in [0.2, 0.25) is 0 Å². The summed E-state index contributed by atoms with van der Waals surface area (Å²) in [5, 5.41) is 4.08. The largest absolute Gasteiger partial charge is 0.296 e. The predicted octanol–water partition coefficient (Wildman–Crippen LogP) is 1.52. The van der Waals surface area contributed by atoms with E-state index in [1.54, 1.807) is 11.7 Å². The molecule has 0 bridgehead atoms. The maximum atomic E-state index is 4.08. The zero-order valence-electron chi connectivity index (χ0n) is 7.65. The van der Waals surface area contributed by atoms with E-state index < -0.39 is 0 Å². The number of nitrogens with zero attached hydrogens (tertiary/aromatic N) is 3. The molecule has 0 aromatic carbocycles. The van der Waals surface area contributed by atoms with E-state index in [4.69, 9.17) is 0 Å². The van der Waals surface area contributed by atoms with Gasteiger partial charge >= 0.3 is 0 Å². The van der Waals surface area contributed by atoms with E-state index in [9.17, 15) is 0 Å². The van der Waals surface area contributed by atoms with Crippen LogP contribution in [-0.4, -0.2) is 23.0 Å². The Labute approximate surface area is 72.4 Å². The minimum atomic E-state index is 1.10. The van der Waals surface area contributed by atoms with Gasteiger partial charge in [-0.15, -0.1) is 0 Å². The van der Waals surface area contributed by atoms with Crippen molar-refractivity contribution >= 4 is 11.8 Å². The van der Waals surface area contributed by atoms with Crippen LogP contribution in [0, 0.1) is 0 Å². The molecule has 1 heterocycles. The Kier molecular flexibility index (Phi) is 2.80. The minimum absolute atomic E-state index is 1.10. The molecule has 0 saturated heterocycles. The van der Waals surface area contributed by atoms with E-state index in [1.807, 2.05) is 38.7 Å². The van der Waals surface area contributed by atoms with Gasteiger partial charge in [0, 0.05) is 32.1 Å². The third kappa shape index (κ3) is 1.81. The van der Waals surface area contributed by atoms with Gasteiger partial charge < -0.3 is 0 Å². The number of hydrogen-bond acceptors (Lipinski definition) is 2. The molecule has 0 atom stereocenters. The van der Waals surface area contributed by atoms with Crippen molar-refractivity contribution in [3.63, 3.8) is 0 Å². The Balaban J connectivity index is 2.96. The zero-order chi connectivity index (χ0) is 8.97. The Morgan fingerprint density at radius 2 is 2.42 bits per heavy atom. The second-order valence-corrected chi connectivity index (χ2v) is 2.53. The SMILES string of the molecule is CC=C(C=NC)c1cnn(C)c1. The van der Waals surface area contributed by atoms with Gasteiger partial charge in [0.05, 0.1) is 6.20 Å². The molecule has 0 radical (unpaired) electrons. The van der Waals surface area contributed by atoms with Crippen LogP contribution in [0.3, 0.4) is 0 Å². The van der Waals surface area contributed by atoms with Gasteiger partial charge in [0.15, 0.2) is 0 Å². The second kappa shape index (κ2) is 3.85. The molecule has 0 aliphatic rings. The van der Waals surface area contributed by atoms with Crippen molar-refractivity contribution < 1.29 is 0 Å². The van der Waals surface area contributed by atoms with Gasteiger partial charge in [-0.25, -0.2) is 0 Å². The number of aromatic nitrogens is 2. The molecule has 3 nitrogen and oxygen atoms in total. The Hall–Kier alpha value is -1.38. The van der Waals surface area contributed by atoms with Crippen molar-refractivity contribution in [1.29, 1.82) is 0 Å². The number of hydrogen-bond donors (Lipinski definition) is 0. The monoisotopic (exact) mass is 163 g/mol. The van der Waals surface area contributed by atoms with Gasteiger partial charge in [-0.3, -0.25) is 9.67 Å². The molecule has 0 unspecified atom stereocenters. The second-order valence-electron chi connectivity index (χ2n) is 2.53. The summed E-state index contributed by atoms with van der Waals surface area (Å²) < 4.78 is 1.78. The van der Waals surface area contributed by atoms with Crippen molar-refractivity contribution in [2.75, 3.05) is 7.05 Å². The highest BCUT2D eigenvalue weighted by Crippen LogP contribution is 2.09. The lowest BCUT2D eigenvalue weighted by Gasteiger charge is -1.93. The van der Waals surface area contributed by atoms with Crippen LogP contribution in [0.1, 0.15) is 12.5 Å². The van der Waals surface area contributed by atoms with Crippen LogP contribution in [0.4, 0.5) is 0 Å². The molecule has 0 amide bonds. The molecular weight excluding hydrogens is 150 g/mol. The Morgan fingerprint density at radius 1 is 1.67 bits per heavy atom. The quantitative estimate of drug-likeness (QED) is 0.608. The lowest BCUT2D eigenvalue weighted by atomic mass is 10.1. The van der Waals surface area contributed by atoms with Crippen LogP contribution in [0.5, 0.6) is 0 Å². The van der Waals surface area contributed by atoms with Gasteiger partial charge in [-0.2, -0.15) is 5.10 Å². The van der Waals surface area contributed by atoms with Crippen molar-refractivity contribution in [1.82, 2.24) is 9.78 Å². The molecule has 0 spiro atoms. The summed E-state index contributed by atoms with van der Waals surface area (Å²) >= 11 is 0. The summed E-state index contributed by atoms with van der Waals surface area (Å²) in [6.45, 7) is 1.99. The minimum Gasteiger partial charge on any atom is -0.296 e. The molecule has 1 aromatic heterocycles. The van der Waals surface area contributed by atoms with Gasteiger partial charge in [-0.05, 0) is 12.5 Å². The first-order valence-electron chi connectivity index (χ1n) is 3.85. The van der Waals surface area contributed by atoms with Crippen molar-refractivity contribution in [3.8, 4) is 0 Å². The molecule has 64 valence electrons. The molecular formula is C9H13N3. The maximum Gasteiger partial charge on any atom is 0.0568 e. The summed E-state index contributed by atoms with van der Waals surface area (Å²) in [5.41, 5.74) is 2.20. The van der Waals surface area contributed by atoms with Gasteiger partial charge in [0.1, 0.15) is 0 Å². The third-order valence-corrected chi connectivity index (χ3v) is 1.62. The van der Waals surface area contributed by atoms with Crippen molar-refractivity contribution in [2.24, 2.45) is 12.0 Å². The number of aryl methyl sites for hydroxylation is 1. The van der Waals surface area contributed by atoms with Gasteiger partial charge in [0.2, 0.25) is 0 Å². The first-order chi connectivity index (χ1) is 5.77. The molecule has 0 aliphatic heterocycles. The van der Waals surface area contributed by atoms with Crippen LogP contribution in [-0.2, 0) is 7.05 Å². The van der Waals surface area contributed by atoms with Crippen molar-refractivity contribution in [3.05, 3.63) is 24.0 Å². The molecule has 3 heteroatoms. The normalized spacial score (nSPS) is 12.8. The van der Waals surface area contributed by atoms with E-state index >= 15 is 0 Å². The van der Waals surface area contributed by atoms with Crippen LogP contribution >= 0.6 is 0 Å². The highest BCUT2D eigenvalue weighted by Gasteiger charge is 1.98. The smallest absolute Gasteiger partial charge is 0.0568 e. The average Bonchev–Trinajstić information content (AvgIpc) is 2.47. The van der Waals surface area contributed by atoms with Crippen LogP contribution in [0.15, 0.2) is 23.5 Å². The highest BCUT2D eigenvalue weighted by atomic mass is 15.2. The summed E-state index contributed by atoms with van der Waals surface area (Å²) in [4.78, 5) is 3.96. The fourth-order valence-electron chi connectivity index (χ4n) is 1.03. The van der Waals surface area contributed by atoms with E-state index in [0.717, 1.165) is 11.1 Å². The molecule has 0 fully saturated rings. The summed E-state index contributed by atoms with van der Waals surface area (Å²) in [5.74, 6) is 0. The van der Waals surface area contributed by atoms with Crippen LogP contribution in [0.25, 0.3) is 5.57 Å². The van der Waals surface area contributed by atoms with Crippen LogP contribution < -0.4 is 0 Å². The van der Waals surface area contributed by atoms with E-state index in [0.29, 0.717) is 0 Å². The Bertz CT molecular complexity index is 307. The standard InChI is InChI=1S/C9H13N3/c1-4-8(5-10-2)9-6-11-12(3)7-9/h4-7H,1-3H3. The molecule has 0 saturated carbocycles. The fraction of sp³-hybridized carbons (Fsp3) is 0.333. The van der Waals surface area contributed by atoms with Gasteiger partial charge in [-0.1, -0.05) is 6.08 Å². The predicted molar refractivity (Wildman–Crippen MR) is 51.3 cm³/mol. The summed E-state index contributed by atoms with van der Waals surface area (Å²) in [6, 6.07) is 0. The highest BCUT2D eigenvalue weighted by molar-refractivity contribution is 6.09. The molecule has 1 aromatic rings. The lowest BCUT2D eigenvalue weighted by molar-refractivity contribution is 0.767. The number of allylic oxidation sites excluding steroid dienone is 2. The third-order valence-electron chi connectivity index (χ3n) is 1.62. The molecule has 0 aliphatic carbocycles. The zero-order valence-corrected chi connectivity index (χ0v) is 7.65. The molecule has 12 heavy (non-hydrogen) atoms. The number of rotatable bonds is 2. The summed E-state index contributed by atoms with van der Waals surface area (Å²) in [6.07, 6.45) is 7.65. The summed E-state index contributed by atoms with van der Waals surface area (Å²) in [7, 11) is 3.67. The van der Waals surface area contributed by atoms with Gasteiger partial charge in [0.25, 0.3) is 0 Å². The fourth-order valence-corrected chi connectivity index (χ4v) is 1.03. The first kappa shape index (κ1) is 8.71. The van der Waals surface area contributed by atoms with E-state index in [-0.39, 0.29) is 0 Å². The topological polar surface area (TPSA) is 30.2 Å². The average molecular weight is 163 g/mol. The van der Waals surface area contributed by atoms with E-state index in [2.05, 4.69) is 10.1 Å². The Morgan fingerprint density at radius 3 is 2.83 bits per heavy atom. The van der Waals surface area contributed by atoms with Crippen molar-refractivity contribution in [2.45, 2.75) is 6.92 Å². The first-order valence-corrected chi connectivity index (χ1v) is 3.85. The lowest BCUT2D eigenvalue weighted by Crippen LogP contribution is -1.85. The maximum absolute atomic E-state index is 4.08. The van der Waals surface area contributed by atoms with E-state index in [1.165, 1.54) is 0 Å².